The second-order valence-corrected chi connectivity index (χ2v) is 9.25. The average molecular weight is 429 g/mol. The van der Waals surface area contributed by atoms with E-state index in [1.807, 2.05) is 0 Å². The van der Waals surface area contributed by atoms with Crippen LogP contribution in [0.15, 0.2) is 47.4 Å². The SMILES string of the molecule is CCOC(=O)c1cccc(NS(=O)(=O)c2ccc3c(c2)CCN3C(=O)C2CCC2)c1. The van der Waals surface area contributed by atoms with Gasteiger partial charge in [-0.25, -0.2) is 13.2 Å². The minimum absolute atomic E-state index is 0.104. The Hall–Kier alpha value is -2.87. The lowest BCUT2D eigenvalue weighted by Crippen LogP contribution is -2.37. The Morgan fingerprint density at radius 2 is 1.97 bits per heavy atom. The lowest BCUT2D eigenvalue weighted by molar-refractivity contribution is -0.124. The Morgan fingerprint density at radius 3 is 2.67 bits per heavy atom. The molecule has 0 saturated heterocycles. The van der Waals surface area contributed by atoms with Crippen LogP contribution in [-0.2, 0) is 26.0 Å². The molecule has 1 aliphatic heterocycles. The first-order valence-electron chi connectivity index (χ1n) is 10.1. The summed E-state index contributed by atoms with van der Waals surface area (Å²) in [6, 6.07) is 11.0. The summed E-state index contributed by atoms with van der Waals surface area (Å²) in [6.45, 7) is 2.53. The van der Waals surface area contributed by atoms with Crippen LogP contribution in [0.2, 0.25) is 0 Å². The summed E-state index contributed by atoms with van der Waals surface area (Å²) in [6.07, 6.45) is 3.60. The molecule has 0 spiro atoms. The van der Waals surface area contributed by atoms with E-state index < -0.39 is 16.0 Å². The normalized spacial score (nSPS) is 16.0. The molecule has 7 nitrogen and oxygen atoms in total. The number of hydrogen-bond acceptors (Lipinski definition) is 5. The number of nitrogens with zero attached hydrogens (tertiary/aromatic N) is 1. The van der Waals surface area contributed by atoms with E-state index in [4.69, 9.17) is 4.74 Å². The van der Waals surface area contributed by atoms with Crippen LogP contribution in [0, 0.1) is 5.92 Å². The largest absolute Gasteiger partial charge is 0.462 e. The molecule has 1 aliphatic carbocycles. The van der Waals surface area contributed by atoms with Gasteiger partial charge in [0, 0.05) is 23.8 Å². The summed E-state index contributed by atoms with van der Waals surface area (Å²) in [5.41, 5.74) is 2.21. The molecule has 4 rings (SSSR count). The quantitative estimate of drug-likeness (QED) is 0.713. The second kappa shape index (κ2) is 8.10. The number of rotatable bonds is 6. The van der Waals surface area contributed by atoms with Crippen LogP contribution in [-0.4, -0.2) is 33.4 Å². The van der Waals surface area contributed by atoms with E-state index in [2.05, 4.69) is 4.72 Å². The maximum absolute atomic E-state index is 12.9. The number of fused-ring (bicyclic) bond motifs is 1. The van der Waals surface area contributed by atoms with Gasteiger partial charge in [0.2, 0.25) is 5.91 Å². The van der Waals surface area contributed by atoms with E-state index in [-0.39, 0.29) is 34.6 Å². The Kier molecular flexibility index (Phi) is 5.51. The van der Waals surface area contributed by atoms with Gasteiger partial charge in [-0.1, -0.05) is 12.5 Å². The lowest BCUT2D eigenvalue weighted by atomic mass is 9.84. The van der Waals surface area contributed by atoms with Crippen molar-refractivity contribution in [2.75, 3.05) is 22.8 Å². The van der Waals surface area contributed by atoms with Gasteiger partial charge < -0.3 is 9.64 Å². The molecular weight excluding hydrogens is 404 g/mol. The standard InChI is InChI=1S/C22H24N2O5S/c1-2-29-22(26)17-7-4-8-18(13-17)23-30(27,28)19-9-10-20-16(14-19)11-12-24(20)21(25)15-5-3-6-15/h4,7-10,13-15,23H,2-3,5-6,11-12H2,1H3. The highest BCUT2D eigenvalue weighted by molar-refractivity contribution is 7.92. The van der Waals surface area contributed by atoms with Gasteiger partial charge in [0.25, 0.3) is 10.0 Å². The molecule has 8 heteroatoms. The van der Waals surface area contributed by atoms with Crippen LogP contribution in [0.25, 0.3) is 0 Å². The van der Waals surface area contributed by atoms with Crippen LogP contribution in [0.3, 0.4) is 0 Å². The molecule has 0 unspecified atom stereocenters. The number of carbonyl (C=O) groups is 2. The van der Waals surface area contributed by atoms with Crippen molar-refractivity contribution in [3.63, 3.8) is 0 Å². The topological polar surface area (TPSA) is 92.8 Å². The Bertz CT molecular complexity index is 1090. The predicted octanol–water partition coefficient (Wildman–Crippen LogP) is 3.35. The third-order valence-electron chi connectivity index (χ3n) is 5.60. The molecule has 158 valence electrons. The summed E-state index contributed by atoms with van der Waals surface area (Å²) < 4.78 is 33.2. The molecule has 1 amide bonds. The molecule has 0 bridgehead atoms. The number of carbonyl (C=O) groups excluding carboxylic acids is 2. The fraction of sp³-hybridized carbons (Fsp3) is 0.364. The van der Waals surface area contributed by atoms with E-state index in [1.165, 1.54) is 12.1 Å². The van der Waals surface area contributed by atoms with Crippen molar-refractivity contribution in [1.82, 2.24) is 0 Å². The fourth-order valence-corrected chi connectivity index (χ4v) is 4.89. The van der Waals surface area contributed by atoms with Crippen LogP contribution < -0.4 is 9.62 Å². The zero-order valence-electron chi connectivity index (χ0n) is 16.8. The molecule has 1 fully saturated rings. The number of benzene rings is 2. The van der Waals surface area contributed by atoms with Gasteiger partial charge >= 0.3 is 5.97 Å². The molecule has 2 aliphatic rings. The first-order chi connectivity index (χ1) is 14.4. The van der Waals surface area contributed by atoms with Gasteiger partial charge in [-0.2, -0.15) is 0 Å². The molecular formula is C22H24N2O5S. The predicted molar refractivity (Wildman–Crippen MR) is 113 cm³/mol. The van der Waals surface area contributed by atoms with E-state index in [9.17, 15) is 18.0 Å². The Labute approximate surface area is 176 Å². The minimum atomic E-state index is -3.84. The minimum Gasteiger partial charge on any atom is -0.462 e. The average Bonchev–Trinajstić information content (AvgIpc) is 3.10. The van der Waals surface area contributed by atoms with Gasteiger partial charge in [-0.3, -0.25) is 9.52 Å². The van der Waals surface area contributed by atoms with Crippen LogP contribution >= 0.6 is 0 Å². The highest BCUT2D eigenvalue weighted by atomic mass is 32.2. The van der Waals surface area contributed by atoms with Crippen molar-refractivity contribution in [2.24, 2.45) is 5.92 Å². The summed E-state index contributed by atoms with van der Waals surface area (Å²) in [7, 11) is -3.84. The van der Waals surface area contributed by atoms with E-state index in [1.54, 1.807) is 42.2 Å². The number of amides is 1. The zero-order chi connectivity index (χ0) is 21.3. The summed E-state index contributed by atoms with van der Waals surface area (Å²) in [5.74, 6) is -0.260. The molecule has 1 N–H and O–H groups in total. The number of sulfonamides is 1. The van der Waals surface area contributed by atoms with Crippen molar-refractivity contribution in [3.8, 4) is 0 Å². The highest BCUT2D eigenvalue weighted by Gasteiger charge is 2.33. The summed E-state index contributed by atoms with van der Waals surface area (Å²) >= 11 is 0. The maximum Gasteiger partial charge on any atom is 0.338 e. The van der Waals surface area contributed by atoms with E-state index in [0.717, 1.165) is 30.5 Å². The number of esters is 1. The molecule has 2 aromatic rings. The monoisotopic (exact) mass is 428 g/mol. The molecule has 1 saturated carbocycles. The lowest BCUT2D eigenvalue weighted by Gasteiger charge is -2.29. The molecule has 0 aromatic heterocycles. The second-order valence-electron chi connectivity index (χ2n) is 7.56. The number of ether oxygens (including phenoxy) is 1. The summed E-state index contributed by atoms with van der Waals surface area (Å²) in [5, 5.41) is 0. The van der Waals surface area contributed by atoms with Gasteiger partial charge in [0.05, 0.1) is 17.1 Å². The van der Waals surface area contributed by atoms with Crippen LogP contribution in [0.4, 0.5) is 11.4 Å². The molecule has 1 heterocycles. The third-order valence-corrected chi connectivity index (χ3v) is 6.98. The number of hydrogen-bond donors (Lipinski definition) is 1. The number of anilines is 2. The Balaban J connectivity index is 1.54. The number of nitrogens with one attached hydrogen (secondary N) is 1. The molecule has 2 aromatic carbocycles. The maximum atomic E-state index is 12.9. The first-order valence-corrected chi connectivity index (χ1v) is 11.6. The van der Waals surface area contributed by atoms with Gasteiger partial charge in [-0.15, -0.1) is 0 Å². The zero-order valence-corrected chi connectivity index (χ0v) is 17.6. The van der Waals surface area contributed by atoms with Crippen molar-refractivity contribution in [2.45, 2.75) is 37.5 Å². The van der Waals surface area contributed by atoms with Crippen molar-refractivity contribution in [3.05, 3.63) is 53.6 Å². The fourth-order valence-electron chi connectivity index (χ4n) is 3.79. The van der Waals surface area contributed by atoms with E-state index in [0.29, 0.717) is 13.0 Å². The summed E-state index contributed by atoms with van der Waals surface area (Å²) in [4.78, 5) is 26.4. The third kappa shape index (κ3) is 3.92. The smallest absolute Gasteiger partial charge is 0.338 e. The van der Waals surface area contributed by atoms with E-state index >= 15 is 0 Å². The van der Waals surface area contributed by atoms with Gasteiger partial charge in [0.15, 0.2) is 0 Å². The molecule has 0 radical (unpaired) electrons. The van der Waals surface area contributed by atoms with Crippen LogP contribution in [0.5, 0.6) is 0 Å². The van der Waals surface area contributed by atoms with Crippen LogP contribution in [0.1, 0.15) is 42.1 Å². The van der Waals surface area contributed by atoms with Gasteiger partial charge in [-0.05, 0) is 68.1 Å². The molecule has 0 atom stereocenters. The van der Waals surface area contributed by atoms with Crippen molar-refractivity contribution < 1.29 is 22.7 Å². The highest BCUT2D eigenvalue weighted by Crippen LogP contribution is 2.35. The van der Waals surface area contributed by atoms with Gasteiger partial charge in [0.1, 0.15) is 0 Å². The molecule has 30 heavy (non-hydrogen) atoms. The Morgan fingerprint density at radius 1 is 1.17 bits per heavy atom. The van der Waals surface area contributed by atoms with Crippen molar-refractivity contribution >= 4 is 33.3 Å². The van der Waals surface area contributed by atoms with Crippen molar-refractivity contribution in [1.29, 1.82) is 0 Å². The first kappa shape index (κ1) is 20.4.